The number of nitrogens with one attached hydrogen (secondary N) is 1. The predicted molar refractivity (Wildman–Crippen MR) is 86.6 cm³/mol. The predicted octanol–water partition coefficient (Wildman–Crippen LogP) is 1.75. The molecule has 1 saturated carbocycles. The zero-order valence-electron chi connectivity index (χ0n) is 13.2. The first-order chi connectivity index (χ1) is 10.3. The van der Waals surface area contributed by atoms with Crippen LogP contribution in [-0.4, -0.2) is 38.1 Å². The van der Waals surface area contributed by atoms with Gasteiger partial charge in [0.05, 0.1) is 12.3 Å². The molecule has 0 bridgehead atoms. The number of nitrogens with zero attached hydrogens (tertiary/aromatic N) is 1. The second-order valence-electron chi connectivity index (χ2n) is 6.11. The number of carbonyl (C=O) groups excluding carboxylic acids is 1. The number of rotatable bonds is 7. The molecule has 0 aliphatic heterocycles. The summed E-state index contributed by atoms with van der Waals surface area (Å²) in [5.41, 5.74) is 1.06. The highest BCUT2D eigenvalue weighted by Crippen LogP contribution is 2.27. The largest absolute Gasteiger partial charge is 0.337 e. The highest BCUT2D eigenvalue weighted by atomic mass is 32.2. The number of hydrogen-bond acceptors (Lipinski definition) is 3. The van der Waals surface area contributed by atoms with E-state index in [4.69, 9.17) is 0 Å². The fourth-order valence-corrected chi connectivity index (χ4v) is 3.41. The minimum absolute atomic E-state index is 0.166. The van der Waals surface area contributed by atoms with Gasteiger partial charge in [-0.05, 0) is 31.2 Å². The van der Waals surface area contributed by atoms with Crippen LogP contribution in [0.25, 0.3) is 0 Å². The molecule has 1 fully saturated rings. The molecule has 0 saturated heterocycles. The van der Waals surface area contributed by atoms with Crippen LogP contribution >= 0.6 is 0 Å². The van der Waals surface area contributed by atoms with E-state index in [2.05, 4.69) is 4.72 Å². The van der Waals surface area contributed by atoms with Crippen LogP contribution in [0.4, 0.5) is 0 Å². The fourth-order valence-electron chi connectivity index (χ4n) is 2.67. The zero-order valence-corrected chi connectivity index (χ0v) is 14.0. The van der Waals surface area contributed by atoms with Gasteiger partial charge in [0, 0.05) is 13.1 Å². The van der Waals surface area contributed by atoms with Crippen LogP contribution in [0.2, 0.25) is 0 Å². The lowest BCUT2D eigenvalue weighted by Crippen LogP contribution is -2.48. The fraction of sp³-hybridized carbons (Fsp3) is 0.562. The van der Waals surface area contributed by atoms with Crippen molar-refractivity contribution in [1.82, 2.24) is 9.62 Å². The van der Waals surface area contributed by atoms with Gasteiger partial charge in [0.15, 0.2) is 0 Å². The second-order valence-corrected chi connectivity index (χ2v) is 7.89. The van der Waals surface area contributed by atoms with Gasteiger partial charge in [-0.1, -0.05) is 36.8 Å². The summed E-state index contributed by atoms with van der Waals surface area (Å²) in [6.45, 7) is 2.82. The molecule has 1 aliphatic rings. The summed E-state index contributed by atoms with van der Waals surface area (Å²) < 4.78 is 25.0. The summed E-state index contributed by atoms with van der Waals surface area (Å²) in [6, 6.07) is 9.05. The minimum Gasteiger partial charge on any atom is -0.337 e. The summed E-state index contributed by atoms with van der Waals surface area (Å²) >= 11 is 0. The molecule has 1 atom stereocenters. The van der Waals surface area contributed by atoms with Crippen LogP contribution in [0.3, 0.4) is 0 Å². The van der Waals surface area contributed by atoms with E-state index in [1.54, 1.807) is 11.8 Å². The molecule has 0 spiro atoms. The SMILES string of the molecule is C[C@@H](NS(C)(=O)=O)C(=O)N(Cc1ccccc1)CC1CCC1. The molecule has 6 heteroatoms. The molecule has 1 aliphatic carbocycles. The Bertz CT molecular complexity index is 597. The van der Waals surface area contributed by atoms with Crippen molar-refractivity contribution in [2.75, 3.05) is 12.8 Å². The zero-order chi connectivity index (χ0) is 16.2. The Balaban J connectivity index is 2.07. The van der Waals surface area contributed by atoms with Gasteiger partial charge in [0.2, 0.25) is 15.9 Å². The smallest absolute Gasteiger partial charge is 0.240 e. The number of benzene rings is 1. The van der Waals surface area contributed by atoms with E-state index in [1.165, 1.54) is 6.42 Å². The highest BCUT2D eigenvalue weighted by Gasteiger charge is 2.27. The quantitative estimate of drug-likeness (QED) is 0.831. The van der Waals surface area contributed by atoms with E-state index < -0.39 is 16.1 Å². The summed E-state index contributed by atoms with van der Waals surface area (Å²) in [6.07, 6.45) is 4.58. The van der Waals surface area contributed by atoms with Gasteiger partial charge in [-0.2, -0.15) is 0 Å². The monoisotopic (exact) mass is 324 g/mol. The van der Waals surface area contributed by atoms with E-state index in [0.29, 0.717) is 19.0 Å². The first-order valence-corrected chi connectivity index (χ1v) is 9.54. The normalized spacial score (nSPS) is 16.8. The van der Waals surface area contributed by atoms with Crippen molar-refractivity contribution in [3.63, 3.8) is 0 Å². The van der Waals surface area contributed by atoms with E-state index in [-0.39, 0.29) is 5.91 Å². The van der Waals surface area contributed by atoms with Crippen molar-refractivity contribution >= 4 is 15.9 Å². The topological polar surface area (TPSA) is 66.5 Å². The Morgan fingerprint density at radius 2 is 1.95 bits per heavy atom. The van der Waals surface area contributed by atoms with Gasteiger partial charge >= 0.3 is 0 Å². The Morgan fingerprint density at radius 1 is 1.32 bits per heavy atom. The summed E-state index contributed by atoms with van der Waals surface area (Å²) in [4.78, 5) is 14.4. The van der Waals surface area contributed by atoms with E-state index in [1.807, 2.05) is 30.3 Å². The summed E-state index contributed by atoms with van der Waals surface area (Å²) in [7, 11) is -3.39. The number of amides is 1. The van der Waals surface area contributed by atoms with Crippen molar-refractivity contribution < 1.29 is 13.2 Å². The molecule has 1 aromatic rings. The summed E-state index contributed by atoms with van der Waals surface area (Å²) in [5.74, 6) is 0.374. The van der Waals surface area contributed by atoms with Crippen molar-refractivity contribution in [2.24, 2.45) is 5.92 Å². The van der Waals surface area contributed by atoms with Gasteiger partial charge in [-0.15, -0.1) is 0 Å². The maximum Gasteiger partial charge on any atom is 0.240 e. The molecular formula is C16H24N2O3S. The highest BCUT2D eigenvalue weighted by molar-refractivity contribution is 7.88. The van der Waals surface area contributed by atoms with Crippen molar-refractivity contribution in [3.05, 3.63) is 35.9 Å². The van der Waals surface area contributed by atoms with Gasteiger partial charge < -0.3 is 4.90 Å². The second kappa shape index (κ2) is 7.24. The van der Waals surface area contributed by atoms with Crippen LogP contribution in [0, 0.1) is 5.92 Å². The number of sulfonamides is 1. The van der Waals surface area contributed by atoms with Crippen LogP contribution < -0.4 is 4.72 Å². The van der Waals surface area contributed by atoms with Crippen molar-refractivity contribution in [1.29, 1.82) is 0 Å². The standard InChI is InChI=1S/C16H24N2O3S/c1-13(17-22(2,20)21)16(19)18(12-15-9-6-10-15)11-14-7-4-3-5-8-14/h3-5,7-8,13,15,17H,6,9-12H2,1-2H3/t13-/m1/s1. The Morgan fingerprint density at radius 3 is 2.45 bits per heavy atom. The minimum atomic E-state index is -3.39. The van der Waals surface area contributed by atoms with E-state index >= 15 is 0 Å². The molecule has 122 valence electrons. The molecule has 5 nitrogen and oxygen atoms in total. The third-order valence-electron chi connectivity index (χ3n) is 3.99. The maximum absolute atomic E-state index is 12.6. The molecule has 2 rings (SSSR count). The molecular weight excluding hydrogens is 300 g/mol. The van der Waals surface area contributed by atoms with E-state index in [0.717, 1.165) is 24.7 Å². The van der Waals surface area contributed by atoms with Crippen molar-refractivity contribution in [3.8, 4) is 0 Å². The van der Waals surface area contributed by atoms with Gasteiger partial charge in [-0.3, -0.25) is 4.79 Å². The van der Waals surface area contributed by atoms with Crippen LogP contribution in [0.15, 0.2) is 30.3 Å². The van der Waals surface area contributed by atoms with Crippen molar-refractivity contribution in [2.45, 2.75) is 38.8 Å². The molecule has 22 heavy (non-hydrogen) atoms. The Hall–Kier alpha value is -1.40. The van der Waals surface area contributed by atoms with Gasteiger partial charge in [0.1, 0.15) is 0 Å². The Kier molecular flexibility index (Phi) is 5.58. The van der Waals surface area contributed by atoms with Crippen LogP contribution in [-0.2, 0) is 21.4 Å². The molecule has 1 aromatic carbocycles. The maximum atomic E-state index is 12.6. The lowest BCUT2D eigenvalue weighted by Gasteiger charge is -2.34. The molecule has 1 N–H and O–H groups in total. The van der Waals surface area contributed by atoms with Gasteiger partial charge in [0.25, 0.3) is 0 Å². The average Bonchev–Trinajstić information content (AvgIpc) is 2.39. The van der Waals surface area contributed by atoms with Crippen LogP contribution in [0.5, 0.6) is 0 Å². The lowest BCUT2D eigenvalue weighted by molar-refractivity contribution is -0.134. The molecule has 0 unspecified atom stereocenters. The first kappa shape index (κ1) is 17.0. The molecule has 0 radical (unpaired) electrons. The van der Waals surface area contributed by atoms with Crippen LogP contribution in [0.1, 0.15) is 31.7 Å². The van der Waals surface area contributed by atoms with Gasteiger partial charge in [-0.25, -0.2) is 13.1 Å². The third kappa shape index (κ3) is 5.10. The average molecular weight is 324 g/mol. The molecule has 1 amide bonds. The third-order valence-corrected chi connectivity index (χ3v) is 4.77. The van der Waals surface area contributed by atoms with E-state index in [9.17, 15) is 13.2 Å². The summed E-state index contributed by atoms with van der Waals surface area (Å²) in [5, 5.41) is 0. The lowest BCUT2D eigenvalue weighted by atomic mass is 9.85. The Labute approximate surface area is 132 Å². The molecule has 0 heterocycles. The molecule has 0 aromatic heterocycles. The number of hydrogen-bond donors (Lipinski definition) is 1. The first-order valence-electron chi connectivity index (χ1n) is 7.65. The number of carbonyl (C=O) groups is 1.